The van der Waals surface area contributed by atoms with Gasteiger partial charge in [0.15, 0.2) is 5.82 Å². The number of benzene rings is 6. The van der Waals surface area contributed by atoms with E-state index < -0.39 is 0 Å². The number of hydrogen-bond donors (Lipinski definition) is 0. The average Bonchev–Trinajstić information content (AvgIpc) is 3.65. The number of para-hydroxylation sites is 2. The van der Waals surface area contributed by atoms with Crippen LogP contribution in [-0.4, -0.2) is 14.5 Å². The van der Waals surface area contributed by atoms with Gasteiger partial charge in [-0.3, -0.25) is 4.57 Å². The van der Waals surface area contributed by atoms with E-state index in [-0.39, 0.29) is 0 Å². The minimum atomic E-state index is 0.679. The molecule has 44 heavy (non-hydrogen) atoms. The molecule has 0 bridgehead atoms. The van der Waals surface area contributed by atoms with Gasteiger partial charge in [0.05, 0.1) is 22.1 Å². The molecule has 0 atom stereocenters. The Bertz CT molecular complexity index is 2490. The van der Waals surface area contributed by atoms with Crippen LogP contribution in [0.3, 0.4) is 0 Å². The Kier molecular flexibility index (Phi) is 5.47. The van der Waals surface area contributed by atoms with Crippen molar-refractivity contribution in [3.8, 4) is 39.6 Å². The monoisotopic (exact) mass is 563 g/mol. The zero-order chi connectivity index (χ0) is 29.0. The van der Waals surface area contributed by atoms with Gasteiger partial charge in [-0.2, -0.15) is 0 Å². The molecule has 3 heterocycles. The van der Waals surface area contributed by atoms with Crippen LogP contribution >= 0.6 is 0 Å². The smallest absolute Gasteiger partial charge is 0.162 e. The van der Waals surface area contributed by atoms with Crippen molar-refractivity contribution >= 4 is 43.7 Å². The third-order valence-electron chi connectivity index (χ3n) is 8.41. The molecule has 9 aromatic rings. The Hall–Kier alpha value is -6.00. The molecule has 0 aliphatic rings. The van der Waals surface area contributed by atoms with Gasteiger partial charge in [0.2, 0.25) is 0 Å². The minimum absolute atomic E-state index is 0.679. The first-order valence-electron chi connectivity index (χ1n) is 14.8. The van der Waals surface area contributed by atoms with Gasteiger partial charge in [-0.05, 0) is 41.5 Å². The molecule has 6 aromatic carbocycles. The van der Waals surface area contributed by atoms with Crippen molar-refractivity contribution < 1.29 is 4.42 Å². The molecule has 4 nitrogen and oxygen atoms in total. The number of furan rings is 1. The first-order chi connectivity index (χ1) is 21.8. The molecule has 4 heteroatoms. The largest absolute Gasteiger partial charge is 0.456 e. The maximum atomic E-state index is 6.34. The lowest BCUT2D eigenvalue weighted by atomic mass is 10.0. The van der Waals surface area contributed by atoms with Crippen LogP contribution < -0.4 is 0 Å². The van der Waals surface area contributed by atoms with E-state index in [1.165, 1.54) is 10.9 Å². The SMILES string of the molecule is c1ccc(-c2cccc(-c3cc(-n4c5ccccc5c5ccc6oc7ccccc7c6c54)nc(-c4ccccc4)n3)c2)cc1. The van der Waals surface area contributed by atoms with Crippen molar-refractivity contribution in [2.45, 2.75) is 0 Å². The zero-order valence-corrected chi connectivity index (χ0v) is 23.7. The van der Waals surface area contributed by atoms with Gasteiger partial charge in [0, 0.05) is 33.4 Å². The van der Waals surface area contributed by atoms with Crippen LogP contribution in [0.25, 0.3) is 83.3 Å². The van der Waals surface area contributed by atoms with Crippen LogP contribution in [0.5, 0.6) is 0 Å². The number of rotatable bonds is 4. The fourth-order valence-corrected chi connectivity index (χ4v) is 6.40. The summed E-state index contributed by atoms with van der Waals surface area (Å²) < 4.78 is 8.63. The molecule has 0 aliphatic heterocycles. The molecule has 0 saturated heterocycles. The maximum Gasteiger partial charge on any atom is 0.162 e. The molecule has 0 radical (unpaired) electrons. The van der Waals surface area contributed by atoms with Crippen LogP contribution in [0.15, 0.2) is 156 Å². The van der Waals surface area contributed by atoms with E-state index >= 15 is 0 Å². The Morgan fingerprint density at radius 2 is 1.14 bits per heavy atom. The quantitative estimate of drug-likeness (QED) is 0.214. The fraction of sp³-hybridized carbons (Fsp3) is 0. The van der Waals surface area contributed by atoms with Crippen molar-refractivity contribution in [1.82, 2.24) is 14.5 Å². The highest BCUT2D eigenvalue weighted by Crippen LogP contribution is 2.41. The van der Waals surface area contributed by atoms with Crippen LogP contribution in [0.1, 0.15) is 0 Å². The molecule has 0 aliphatic carbocycles. The fourth-order valence-electron chi connectivity index (χ4n) is 6.40. The Labute approximate surface area is 253 Å². The molecule has 0 unspecified atom stereocenters. The van der Waals surface area contributed by atoms with Crippen molar-refractivity contribution in [3.05, 3.63) is 152 Å². The van der Waals surface area contributed by atoms with Crippen molar-refractivity contribution in [2.75, 3.05) is 0 Å². The standard InChI is InChI=1S/C40H25N3O/c1-3-12-26(13-4-1)28-16-11-17-29(24-28)33-25-37(42-40(41-33)27-14-5-2-6-15-27)43-34-20-9-7-18-30(34)31-22-23-36-38(39(31)43)32-19-8-10-21-35(32)44-36/h1-25H. The zero-order valence-electron chi connectivity index (χ0n) is 23.7. The summed E-state index contributed by atoms with van der Waals surface area (Å²) in [7, 11) is 0. The van der Waals surface area contributed by atoms with E-state index in [4.69, 9.17) is 14.4 Å². The van der Waals surface area contributed by atoms with Gasteiger partial charge < -0.3 is 4.42 Å². The molecule has 0 fully saturated rings. The van der Waals surface area contributed by atoms with Gasteiger partial charge in [0.1, 0.15) is 17.0 Å². The van der Waals surface area contributed by atoms with E-state index in [9.17, 15) is 0 Å². The minimum Gasteiger partial charge on any atom is -0.456 e. The number of nitrogens with zero attached hydrogens (tertiary/aromatic N) is 3. The summed E-state index contributed by atoms with van der Waals surface area (Å²) >= 11 is 0. The highest BCUT2D eigenvalue weighted by molar-refractivity contribution is 6.24. The van der Waals surface area contributed by atoms with Crippen molar-refractivity contribution in [3.63, 3.8) is 0 Å². The van der Waals surface area contributed by atoms with Crippen molar-refractivity contribution in [1.29, 1.82) is 0 Å². The molecule has 0 amide bonds. The van der Waals surface area contributed by atoms with Gasteiger partial charge >= 0.3 is 0 Å². The first-order valence-corrected chi connectivity index (χ1v) is 14.8. The molecule has 0 saturated carbocycles. The molecule has 206 valence electrons. The lowest BCUT2D eigenvalue weighted by Gasteiger charge is -2.13. The second-order valence-electron chi connectivity index (χ2n) is 11.0. The van der Waals surface area contributed by atoms with E-state index in [1.54, 1.807) is 0 Å². The molecular weight excluding hydrogens is 538 g/mol. The Morgan fingerprint density at radius 1 is 0.455 bits per heavy atom. The predicted octanol–water partition coefficient (Wildman–Crippen LogP) is 10.5. The first kappa shape index (κ1) is 24.6. The molecular formula is C40H25N3O. The molecule has 3 aromatic heterocycles. The molecule has 0 spiro atoms. The van der Waals surface area contributed by atoms with Gasteiger partial charge in [-0.25, -0.2) is 9.97 Å². The van der Waals surface area contributed by atoms with Crippen LogP contribution in [0.2, 0.25) is 0 Å². The summed E-state index contributed by atoms with van der Waals surface area (Å²) in [5.41, 5.74) is 9.07. The van der Waals surface area contributed by atoms with E-state index in [1.807, 2.05) is 36.4 Å². The number of aromatic nitrogens is 3. The highest BCUT2D eigenvalue weighted by atomic mass is 16.3. The summed E-state index contributed by atoms with van der Waals surface area (Å²) in [4.78, 5) is 10.4. The van der Waals surface area contributed by atoms with Crippen LogP contribution in [0.4, 0.5) is 0 Å². The molecule has 0 N–H and O–H groups in total. The topological polar surface area (TPSA) is 43.9 Å². The second-order valence-corrected chi connectivity index (χ2v) is 11.0. The van der Waals surface area contributed by atoms with Gasteiger partial charge in [0.25, 0.3) is 0 Å². The average molecular weight is 564 g/mol. The lowest BCUT2D eigenvalue weighted by Crippen LogP contribution is -2.02. The summed E-state index contributed by atoms with van der Waals surface area (Å²) in [5, 5.41) is 4.50. The van der Waals surface area contributed by atoms with E-state index in [0.29, 0.717) is 5.82 Å². The predicted molar refractivity (Wildman–Crippen MR) is 180 cm³/mol. The third-order valence-corrected chi connectivity index (χ3v) is 8.41. The second kappa shape index (κ2) is 9.79. The van der Waals surface area contributed by atoms with Crippen LogP contribution in [0, 0.1) is 0 Å². The Balaban J connectivity index is 1.38. The van der Waals surface area contributed by atoms with Gasteiger partial charge in [-0.1, -0.05) is 115 Å². The maximum absolute atomic E-state index is 6.34. The summed E-state index contributed by atoms with van der Waals surface area (Å²) in [6, 6.07) is 52.4. The van der Waals surface area contributed by atoms with E-state index in [2.05, 4.69) is 120 Å². The number of fused-ring (bicyclic) bond motifs is 7. The van der Waals surface area contributed by atoms with E-state index in [0.717, 1.165) is 66.6 Å². The van der Waals surface area contributed by atoms with Gasteiger partial charge in [-0.15, -0.1) is 0 Å². The lowest BCUT2D eigenvalue weighted by molar-refractivity contribution is 0.669. The number of hydrogen-bond acceptors (Lipinski definition) is 3. The summed E-state index contributed by atoms with van der Waals surface area (Å²) in [6.45, 7) is 0. The Morgan fingerprint density at radius 3 is 1.98 bits per heavy atom. The molecule has 9 rings (SSSR count). The summed E-state index contributed by atoms with van der Waals surface area (Å²) in [5.74, 6) is 1.49. The van der Waals surface area contributed by atoms with Crippen molar-refractivity contribution in [2.24, 2.45) is 0 Å². The summed E-state index contributed by atoms with van der Waals surface area (Å²) in [6.07, 6.45) is 0. The normalized spacial score (nSPS) is 11.6. The third kappa shape index (κ3) is 3.85. The van der Waals surface area contributed by atoms with Crippen LogP contribution in [-0.2, 0) is 0 Å². The highest BCUT2D eigenvalue weighted by Gasteiger charge is 2.21.